The number of carbonyl (C=O) groups is 1. The summed E-state index contributed by atoms with van der Waals surface area (Å²) < 4.78 is 3.11. The van der Waals surface area contributed by atoms with Gasteiger partial charge >= 0.3 is 0 Å². The largest absolute Gasteiger partial charge is 0.338 e. The second kappa shape index (κ2) is 6.44. The van der Waals surface area contributed by atoms with Crippen molar-refractivity contribution in [3.63, 3.8) is 0 Å². The Morgan fingerprint density at radius 2 is 1.95 bits per heavy atom. The zero-order chi connectivity index (χ0) is 14.7. The lowest BCUT2D eigenvalue weighted by Crippen LogP contribution is -2.16. The van der Waals surface area contributed by atoms with Crippen LogP contribution >= 0.6 is 33.9 Å². The van der Waals surface area contributed by atoms with Crippen molar-refractivity contribution in [1.82, 2.24) is 4.57 Å². The quantitative estimate of drug-likeness (QED) is 0.636. The predicted octanol–water partition coefficient (Wildman–Crippen LogP) is 4.45. The normalized spacial score (nSPS) is 10.5. The molecular weight excluding hydrogens is 395 g/mol. The van der Waals surface area contributed by atoms with E-state index in [-0.39, 0.29) is 5.91 Å². The third kappa shape index (κ3) is 3.54. The van der Waals surface area contributed by atoms with Crippen LogP contribution in [0, 0.1) is 3.57 Å². The third-order valence-electron chi connectivity index (χ3n) is 3.07. The van der Waals surface area contributed by atoms with E-state index in [1.54, 1.807) is 11.3 Å². The van der Waals surface area contributed by atoms with Crippen molar-refractivity contribution in [2.45, 2.75) is 6.54 Å². The Hall–Kier alpha value is -1.60. The first-order valence-electron chi connectivity index (χ1n) is 6.47. The summed E-state index contributed by atoms with van der Waals surface area (Å²) in [6.07, 6.45) is 1.93. The van der Waals surface area contributed by atoms with Crippen molar-refractivity contribution in [3.05, 3.63) is 74.2 Å². The second-order valence-electron chi connectivity index (χ2n) is 4.56. The highest BCUT2D eigenvalue weighted by molar-refractivity contribution is 14.1. The average molecular weight is 408 g/mol. The molecule has 0 saturated heterocycles. The molecule has 0 aliphatic carbocycles. The topological polar surface area (TPSA) is 34.0 Å². The molecule has 0 atom stereocenters. The highest BCUT2D eigenvalue weighted by Crippen LogP contribution is 2.15. The second-order valence-corrected chi connectivity index (χ2v) is 6.84. The molecule has 0 aliphatic rings. The van der Waals surface area contributed by atoms with Crippen molar-refractivity contribution in [2.24, 2.45) is 0 Å². The van der Waals surface area contributed by atoms with Gasteiger partial charge in [0.1, 0.15) is 5.69 Å². The first kappa shape index (κ1) is 14.3. The molecule has 2 aromatic heterocycles. The average Bonchev–Trinajstić information content (AvgIpc) is 3.13. The van der Waals surface area contributed by atoms with E-state index >= 15 is 0 Å². The maximum atomic E-state index is 12.4. The molecule has 0 unspecified atom stereocenters. The summed E-state index contributed by atoms with van der Waals surface area (Å²) in [5.74, 6) is -0.0854. The summed E-state index contributed by atoms with van der Waals surface area (Å²) in [6.45, 7) is 0.722. The van der Waals surface area contributed by atoms with E-state index < -0.39 is 0 Å². The van der Waals surface area contributed by atoms with E-state index in [1.807, 2.05) is 58.6 Å². The van der Waals surface area contributed by atoms with Crippen molar-refractivity contribution in [1.29, 1.82) is 0 Å². The van der Waals surface area contributed by atoms with Crippen LogP contribution in [0.15, 0.2) is 60.1 Å². The smallest absolute Gasteiger partial charge is 0.272 e. The Bertz CT molecular complexity index is 732. The first-order chi connectivity index (χ1) is 10.2. The van der Waals surface area contributed by atoms with E-state index in [0.717, 1.165) is 15.8 Å². The zero-order valence-corrected chi connectivity index (χ0v) is 14.1. The van der Waals surface area contributed by atoms with Gasteiger partial charge < -0.3 is 9.88 Å². The summed E-state index contributed by atoms with van der Waals surface area (Å²) in [6, 6.07) is 15.6. The van der Waals surface area contributed by atoms with Gasteiger partial charge in [-0.05, 0) is 70.4 Å². The van der Waals surface area contributed by atoms with Crippen LogP contribution in [0.25, 0.3) is 0 Å². The lowest BCUT2D eigenvalue weighted by Gasteiger charge is -2.09. The zero-order valence-electron chi connectivity index (χ0n) is 11.1. The molecule has 1 aromatic carbocycles. The summed E-state index contributed by atoms with van der Waals surface area (Å²) in [5.41, 5.74) is 1.48. The Balaban J connectivity index is 1.76. The molecule has 21 heavy (non-hydrogen) atoms. The number of halogens is 1. The lowest BCUT2D eigenvalue weighted by molar-refractivity contribution is 0.101. The Kier molecular flexibility index (Phi) is 4.40. The van der Waals surface area contributed by atoms with E-state index in [9.17, 15) is 4.79 Å². The molecule has 0 aliphatic heterocycles. The molecule has 0 saturated carbocycles. The number of rotatable bonds is 4. The van der Waals surface area contributed by atoms with Crippen molar-refractivity contribution in [2.75, 3.05) is 5.32 Å². The minimum Gasteiger partial charge on any atom is -0.338 e. The first-order valence-corrected chi connectivity index (χ1v) is 8.42. The maximum absolute atomic E-state index is 12.4. The fraction of sp³-hybridized carbons (Fsp3) is 0.0625. The van der Waals surface area contributed by atoms with Crippen LogP contribution in [0.3, 0.4) is 0 Å². The molecule has 0 spiro atoms. The number of hydrogen-bond donors (Lipinski definition) is 1. The Morgan fingerprint density at radius 3 is 2.67 bits per heavy atom. The lowest BCUT2D eigenvalue weighted by atomic mass is 10.3. The number of carbonyl (C=O) groups excluding carboxylic acids is 1. The van der Waals surface area contributed by atoms with Crippen LogP contribution in [0.4, 0.5) is 5.69 Å². The van der Waals surface area contributed by atoms with Gasteiger partial charge in [-0.1, -0.05) is 6.07 Å². The van der Waals surface area contributed by atoms with Gasteiger partial charge in [0.15, 0.2) is 0 Å². The summed E-state index contributed by atoms with van der Waals surface area (Å²) in [5, 5.41) is 4.98. The summed E-state index contributed by atoms with van der Waals surface area (Å²) in [7, 11) is 0. The molecule has 2 heterocycles. The van der Waals surface area contributed by atoms with E-state index in [0.29, 0.717) is 5.69 Å². The molecule has 0 bridgehead atoms. The summed E-state index contributed by atoms with van der Waals surface area (Å²) >= 11 is 3.94. The van der Waals surface area contributed by atoms with Gasteiger partial charge in [0.25, 0.3) is 5.91 Å². The van der Waals surface area contributed by atoms with Crippen LogP contribution in [0.1, 0.15) is 15.4 Å². The minimum absolute atomic E-state index is 0.0854. The highest BCUT2D eigenvalue weighted by Gasteiger charge is 2.11. The number of hydrogen-bond acceptors (Lipinski definition) is 2. The van der Waals surface area contributed by atoms with Gasteiger partial charge in [0.05, 0.1) is 6.54 Å². The van der Waals surface area contributed by atoms with Gasteiger partial charge in [-0.2, -0.15) is 0 Å². The molecule has 3 rings (SSSR count). The fourth-order valence-corrected chi connectivity index (χ4v) is 3.12. The number of nitrogens with one attached hydrogen (secondary N) is 1. The number of aromatic nitrogens is 1. The van der Waals surface area contributed by atoms with Gasteiger partial charge in [0.2, 0.25) is 0 Å². The van der Waals surface area contributed by atoms with Crippen molar-refractivity contribution >= 4 is 45.5 Å². The van der Waals surface area contributed by atoms with Crippen LogP contribution < -0.4 is 5.32 Å². The molecule has 0 radical (unpaired) electrons. The van der Waals surface area contributed by atoms with Crippen LogP contribution in [-0.4, -0.2) is 10.5 Å². The maximum Gasteiger partial charge on any atom is 0.272 e. The number of nitrogens with zero attached hydrogens (tertiary/aromatic N) is 1. The molecule has 106 valence electrons. The van der Waals surface area contributed by atoms with Gasteiger partial charge in [0, 0.05) is 20.3 Å². The van der Waals surface area contributed by atoms with Crippen molar-refractivity contribution in [3.8, 4) is 0 Å². The van der Waals surface area contributed by atoms with Gasteiger partial charge in [-0.25, -0.2) is 0 Å². The molecule has 3 aromatic rings. The minimum atomic E-state index is -0.0854. The van der Waals surface area contributed by atoms with E-state index in [1.165, 1.54) is 4.88 Å². The number of benzene rings is 1. The van der Waals surface area contributed by atoms with Crippen LogP contribution in [0.2, 0.25) is 0 Å². The monoisotopic (exact) mass is 408 g/mol. The third-order valence-corrected chi connectivity index (χ3v) is 4.65. The SMILES string of the molecule is O=C(Nc1ccc(I)cc1)c1cccn1Cc1cccs1. The number of anilines is 1. The summed E-state index contributed by atoms with van der Waals surface area (Å²) in [4.78, 5) is 13.6. The number of amides is 1. The highest BCUT2D eigenvalue weighted by atomic mass is 127. The van der Waals surface area contributed by atoms with E-state index in [2.05, 4.69) is 34.0 Å². The fourth-order valence-electron chi connectivity index (χ4n) is 2.06. The molecule has 1 N–H and O–H groups in total. The molecule has 1 amide bonds. The Labute approximate surface area is 140 Å². The van der Waals surface area contributed by atoms with Crippen molar-refractivity contribution < 1.29 is 4.79 Å². The molecular formula is C16H13IN2OS. The van der Waals surface area contributed by atoms with Gasteiger partial charge in [-0.15, -0.1) is 11.3 Å². The standard InChI is InChI=1S/C16H13IN2OS/c17-12-5-7-13(8-6-12)18-16(20)15-4-1-9-19(15)11-14-3-2-10-21-14/h1-10H,11H2,(H,18,20). The molecule has 5 heteroatoms. The molecule has 0 fully saturated rings. The molecule has 3 nitrogen and oxygen atoms in total. The van der Waals surface area contributed by atoms with Crippen LogP contribution in [-0.2, 0) is 6.54 Å². The van der Waals surface area contributed by atoms with E-state index in [4.69, 9.17) is 0 Å². The van der Waals surface area contributed by atoms with Crippen LogP contribution in [0.5, 0.6) is 0 Å². The van der Waals surface area contributed by atoms with Gasteiger partial charge in [-0.3, -0.25) is 4.79 Å². The predicted molar refractivity (Wildman–Crippen MR) is 95.0 cm³/mol. The number of thiophene rings is 1. The Morgan fingerprint density at radius 1 is 1.14 bits per heavy atom.